The minimum absolute atomic E-state index is 0.0514. The minimum Gasteiger partial charge on any atom is -0.397 e. The van der Waals surface area contributed by atoms with Crippen LogP contribution in [-0.4, -0.2) is 68.3 Å². The van der Waals surface area contributed by atoms with Gasteiger partial charge < -0.3 is 11.5 Å². The van der Waals surface area contributed by atoms with Crippen molar-refractivity contribution in [2.24, 2.45) is 35.8 Å². The Labute approximate surface area is 427 Å². The molecule has 0 saturated carbocycles. The van der Waals surface area contributed by atoms with E-state index in [-0.39, 0.29) is 84.0 Å². The first-order chi connectivity index (χ1) is 35.8. The molecular weight excluding hydrogens is 1070 g/mol. The predicted molar refractivity (Wildman–Crippen MR) is 276 cm³/mol. The lowest BCUT2D eigenvalue weighted by atomic mass is 9.93. The third-order valence-corrected chi connectivity index (χ3v) is 15.0. The number of allylic oxidation sites excluding steroid dienone is 1. The third-order valence-electron chi connectivity index (χ3n) is 11.4. The summed E-state index contributed by atoms with van der Waals surface area (Å²) < 4.78 is 138. The number of carbonyl (C=O) groups is 1. The van der Waals surface area contributed by atoms with E-state index in [9.17, 15) is 66.8 Å². The van der Waals surface area contributed by atoms with Crippen molar-refractivity contribution in [3.8, 4) is 0 Å². The number of anilines is 3. The fraction of sp³-hybridized carbons (Fsp3) is 0. The topological polar surface area (TPSA) is 428 Å². The van der Waals surface area contributed by atoms with Gasteiger partial charge in [0.05, 0.1) is 55.2 Å². The Morgan fingerprint density at radius 3 is 1.67 bits per heavy atom. The molecule has 0 aromatic heterocycles. The highest BCUT2D eigenvalue weighted by molar-refractivity contribution is 7.87. The zero-order valence-corrected chi connectivity index (χ0v) is 41.1. The predicted octanol–water partition coefficient (Wildman–Crippen LogP) is 10.1. The molecule has 0 atom stereocenters. The number of nitrogens with two attached hydrogens (primary N) is 2. The molecule has 8 aromatic rings. The number of nitrogen functional groups attached to an aromatic ring is 2. The molecule has 0 saturated heterocycles. The summed E-state index contributed by atoms with van der Waals surface area (Å²) in [5.41, 5.74) is 12.3. The van der Waals surface area contributed by atoms with E-state index < -0.39 is 82.0 Å². The van der Waals surface area contributed by atoms with Crippen LogP contribution in [0.2, 0.25) is 0 Å². The molecule has 0 heterocycles. The van der Waals surface area contributed by atoms with Crippen molar-refractivity contribution in [2.45, 2.75) is 19.6 Å². The second-order valence-corrected chi connectivity index (χ2v) is 21.7. The van der Waals surface area contributed by atoms with Crippen LogP contribution in [0.4, 0.5) is 56.9 Å². The number of nitrogens with zero attached hydrogens (tertiary/aromatic N) is 8. The molecule has 9 N–H and O–H groups in total. The molecule has 0 fully saturated rings. The summed E-state index contributed by atoms with van der Waals surface area (Å²) in [5.74, 6) is -0.956. The molecule has 0 unspecified atom stereocenters. The van der Waals surface area contributed by atoms with Gasteiger partial charge in [-0.15, -0.1) is 25.6 Å². The van der Waals surface area contributed by atoms with E-state index in [2.05, 4.69) is 41.2 Å². The molecule has 76 heavy (non-hydrogen) atoms. The zero-order chi connectivity index (χ0) is 54.6. The van der Waals surface area contributed by atoms with Crippen LogP contribution in [0.1, 0.15) is 15.9 Å². The van der Waals surface area contributed by atoms with Crippen molar-refractivity contribution in [1.29, 1.82) is 0 Å². The van der Waals surface area contributed by atoms with Gasteiger partial charge in [0.2, 0.25) is 5.78 Å². The molecule has 1 aliphatic rings. The van der Waals surface area contributed by atoms with Gasteiger partial charge in [0.25, 0.3) is 46.2 Å². The van der Waals surface area contributed by atoms with Crippen LogP contribution in [0, 0.1) is 10.1 Å². The first kappa shape index (κ1) is 51.7. The summed E-state index contributed by atoms with van der Waals surface area (Å²) in [6, 6.07) is 25.7. The van der Waals surface area contributed by atoms with Crippen LogP contribution in [0.15, 0.2) is 183 Å². The van der Waals surface area contributed by atoms with Crippen LogP contribution < -0.4 is 16.9 Å². The monoisotopic (exact) mass is 1110 g/mol. The quantitative estimate of drug-likeness (QED) is 0.0185. The van der Waals surface area contributed by atoms with Crippen molar-refractivity contribution in [2.75, 3.05) is 16.9 Å². The Morgan fingerprint density at radius 2 is 1.05 bits per heavy atom. The number of carbonyl (C=O) groups excluding carboxylic acids is 1. The number of hydrogen-bond acceptors (Lipinski definition) is 21. The van der Waals surface area contributed by atoms with Gasteiger partial charge in [-0.25, -0.2) is 0 Å². The first-order valence-corrected chi connectivity index (χ1v) is 26.9. The Balaban J connectivity index is 1.06. The van der Waals surface area contributed by atoms with E-state index in [4.69, 9.17) is 11.5 Å². The number of nitro groups is 1. The molecule has 30 heteroatoms. The van der Waals surface area contributed by atoms with E-state index in [1.807, 2.05) is 0 Å². The van der Waals surface area contributed by atoms with E-state index in [0.717, 1.165) is 60.7 Å². The average molecular weight is 1110 g/mol. The van der Waals surface area contributed by atoms with E-state index in [0.29, 0.717) is 10.8 Å². The standard InChI is InChI=1S/C46H31N11O15S4/c47-32-21-33(48)41(57(59)60)22-40(32)56-54-38-16-17-43(75(67,68)69)29-10-11-39(46(58)45(29)38)55-53-37-15-14-36(27-9-8-24(20-30(27)37)73(61,62)63)52-51-35-13-12-34(25-4-1-2-5-26(25)35)50-49-23-18-31-28(44(19-23)76(70,71)72)6-3-7-42(31)74(64,65)66/h1-22,53H,47-48H2,(H,61,62,63)(H,64,65,66)(H,67,68,69)(H,70,71,72)/b50-49?,52-51?,55-39+,56-54?. The van der Waals surface area contributed by atoms with Crippen LogP contribution in [0.5, 0.6) is 0 Å². The zero-order valence-electron chi connectivity index (χ0n) is 37.8. The number of rotatable bonds is 13. The SMILES string of the molecule is Nc1cc(N)c([N+](=O)[O-])cc1N=Nc1ccc(S(=O)(=O)O)c2c1C(=O)/C(=N/Nc1ccc(N=Nc3ccc(N=Nc4cc(S(=O)(=O)O)c5cccc(S(=O)(=O)O)c5c4)c4ccccc34)c3ccc(S(=O)(=O)O)cc13)C=C2. The summed E-state index contributed by atoms with van der Waals surface area (Å²) in [4.78, 5) is 22.3. The van der Waals surface area contributed by atoms with Crippen molar-refractivity contribution in [3.05, 3.63) is 149 Å². The summed E-state index contributed by atoms with van der Waals surface area (Å²) in [6.45, 7) is 0. The molecule has 26 nitrogen and oxygen atoms in total. The van der Waals surface area contributed by atoms with Crippen LogP contribution in [-0.2, 0) is 40.5 Å². The fourth-order valence-corrected chi connectivity index (χ4v) is 10.6. The Hall–Kier alpha value is -9.14. The number of fused-ring (bicyclic) bond motifs is 4. The summed E-state index contributed by atoms with van der Waals surface area (Å²) in [7, 11) is -19.5. The molecule has 9 rings (SSSR count). The highest BCUT2D eigenvalue weighted by atomic mass is 32.2. The number of hydrogen-bond donors (Lipinski definition) is 7. The number of azo groups is 3. The molecule has 0 aliphatic heterocycles. The number of nitrogens with one attached hydrogen (secondary N) is 1. The van der Waals surface area contributed by atoms with Gasteiger partial charge in [-0.2, -0.15) is 43.9 Å². The molecular formula is C46H31N11O15S4. The van der Waals surface area contributed by atoms with Crippen LogP contribution in [0.25, 0.3) is 38.4 Å². The highest BCUT2D eigenvalue weighted by Gasteiger charge is 2.30. The first-order valence-electron chi connectivity index (χ1n) is 21.2. The second-order valence-electron chi connectivity index (χ2n) is 16.2. The molecule has 0 spiro atoms. The molecule has 0 radical (unpaired) electrons. The summed E-state index contributed by atoms with van der Waals surface area (Å²) in [6.07, 6.45) is 2.27. The van der Waals surface area contributed by atoms with Crippen molar-refractivity contribution < 1.29 is 61.6 Å². The lowest BCUT2D eigenvalue weighted by Crippen LogP contribution is -2.20. The molecule has 8 aromatic carbocycles. The number of ketones is 1. The molecule has 0 amide bonds. The second kappa shape index (κ2) is 19.3. The Bertz CT molecular complexity index is 4530. The van der Waals surface area contributed by atoms with Gasteiger partial charge in [-0.1, -0.05) is 48.5 Å². The van der Waals surface area contributed by atoms with Gasteiger partial charge >= 0.3 is 0 Å². The largest absolute Gasteiger partial charge is 0.397 e. The fourth-order valence-electron chi connectivity index (χ4n) is 7.96. The van der Waals surface area contributed by atoms with Gasteiger partial charge in [0, 0.05) is 43.9 Å². The van der Waals surface area contributed by atoms with E-state index in [1.165, 1.54) is 48.5 Å². The average Bonchev–Trinajstić information content (AvgIpc) is 3.36. The van der Waals surface area contributed by atoms with Gasteiger partial charge in [0.15, 0.2) is 0 Å². The van der Waals surface area contributed by atoms with E-state index >= 15 is 0 Å². The summed E-state index contributed by atoms with van der Waals surface area (Å²) in [5, 5.41) is 41.7. The van der Waals surface area contributed by atoms with Crippen LogP contribution >= 0.6 is 0 Å². The number of nitro benzene ring substituents is 1. The maximum Gasteiger partial charge on any atom is 0.295 e. The van der Waals surface area contributed by atoms with Gasteiger partial charge in [-0.3, -0.25) is 38.5 Å². The lowest BCUT2D eigenvalue weighted by molar-refractivity contribution is -0.383. The number of Topliss-reactive ketones (excluding diaryl/α,β-unsaturated/α-hetero) is 1. The number of benzene rings is 8. The smallest absolute Gasteiger partial charge is 0.295 e. The maximum absolute atomic E-state index is 14.1. The third kappa shape index (κ3) is 10.2. The van der Waals surface area contributed by atoms with E-state index in [1.54, 1.807) is 24.3 Å². The molecule has 1 aliphatic carbocycles. The Kier molecular flexibility index (Phi) is 13.1. The van der Waals surface area contributed by atoms with Crippen molar-refractivity contribution in [3.63, 3.8) is 0 Å². The molecule has 384 valence electrons. The van der Waals surface area contributed by atoms with Gasteiger partial charge in [-0.05, 0) is 78.9 Å². The highest BCUT2D eigenvalue weighted by Crippen LogP contribution is 2.41. The molecule has 0 bridgehead atoms. The van der Waals surface area contributed by atoms with Crippen molar-refractivity contribution in [1.82, 2.24) is 0 Å². The van der Waals surface area contributed by atoms with Gasteiger partial charge in [0.1, 0.15) is 31.8 Å². The lowest BCUT2D eigenvalue weighted by Gasteiger charge is -2.16. The maximum atomic E-state index is 14.1. The Morgan fingerprint density at radius 1 is 0.487 bits per heavy atom. The minimum atomic E-state index is -4.94. The van der Waals surface area contributed by atoms with Crippen molar-refractivity contribution >= 4 is 147 Å². The van der Waals surface area contributed by atoms with Crippen LogP contribution in [0.3, 0.4) is 0 Å². The summed E-state index contributed by atoms with van der Waals surface area (Å²) >= 11 is 0. The number of hydrazone groups is 1. The normalized spacial score (nSPS) is 14.0.